The molecule has 0 heterocycles. The monoisotopic (exact) mass is 201 g/mol. The second kappa shape index (κ2) is 11.3. The molecule has 1 nitrogen and oxygen atoms in total. The summed E-state index contributed by atoms with van der Waals surface area (Å²) in [7, 11) is 0. The van der Waals surface area contributed by atoms with Gasteiger partial charge in [-0.3, -0.25) is 0 Å². The SMILES string of the molecule is C.[2H]C(C)(C)Br.[2H]OC([2H])(C)C. The fourth-order valence-corrected chi connectivity index (χ4v) is 0. The van der Waals surface area contributed by atoms with Gasteiger partial charge in [-0.1, -0.05) is 37.2 Å². The normalized spacial score (nSPS) is 15.0. The molecule has 1 N–H and O–H groups in total. The van der Waals surface area contributed by atoms with Crippen LogP contribution in [0.15, 0.2) is 0 Å². The molecule has 9 heavy (non-hydrogen) atoms. The zero-order valence-corrected chi connectivity index (χ0v) is 7.37. The molecule has 0 fully saturated rings. The minimum Gasteiger partial charge on any atom is -0.394 e. The van der Waals surface area contributed by atoms with Gasteiger partial charge < -0.3 is 5.11 Å². The molecule has 0 bridgehead atoms. The second-order valence-electron chi connectivity index (χ2n) is 1.79. The summed E-state index contributed by atoms with van der Waals surface area (Å²) in [4.78, 5) is -0.438. The molecule has 0 aromatic carbocycles. The van der Waals surface area contributed by atoms with Crippen molar-refractivity contribution < 1.29 is 7.85 Å². The van der Waals surface area contributed by atoms with Crippen molar-refractivity contribution in [2.24, 2.45) is 0 Å². The van der Waals surface area contributed by atoms with Gasteiger partial charge in [0.15, 0.2) is 0 Å². The number of hydrogen-bond acceptors (Lipinski definition) is 1. The van der Waals surface area contributed by atoms with Gasteiger partial charge in [0, 0.05) is 12.3 Å². The van der Waals surface area contributed by atoms with Crippen LogP contribution in [0.5, 0.6) is 0 Å². The van der Waals surface area contributed by atoms with Crippen molar-refractivity contribution >= 4 is 15.9 Å². The van der Waals surface area contributed by atoms with Crippen LogP contribution in [0.3, 0.4) is 0 Å². The minimum absolute atomic E-state index is 0. The van der Waals surface area contributed by atoms with Crippen LogP contribution in [0, 0.1) is 0 Å². The van der Waals surface area contributed by atoms with Crippen molar-refractivity contribution in [2.45, 2.75) is 46.0 Å². The van der Waals surface area contributed by atoms with Crippen molar-refractivity contribution in [1.82, 2.24) is 0 Å². The van der Waals surface area contributed by atoms with Gasteiger partial charge in [0.2, 0.25) is 1.43 Å². The molecular formula is C7H19BrO. The lowest BCUT2D eigenvalue weighted by Gasteiger charge is -1.80. The molecule has 0 aromatic heterocycles. The lowest BCUT2D eigenvalue weighted by molar-refractivity contribution is 0.216. The predicted octanol–water partition coefficient (Wildman–Crippen LogP) is 2.81. The molecule has 0 rings (SSSR count). The third kappa shape index (κ3) is 1810. The van der Waals surface area contributed by atoms with E-state index in [0.717, 1.165) is 0 Å². The quantitative estimate of drug-likeness (QED) is 0.648. The van der Waals surface area contributed by atoms with Crippen LogP contribution < -0.4 is 0 Å². The minimum atomic E-state index is -1.04. The first-order valence-corrected chi connectivity index (χ1v) is 3.19. The summed E-state index contributed by atoms with van der Waals surface area (Å²) in [6.45, 7) is 6.54. The molecule has 0 amide bonds. The highest BCUT2D eigenvalue weighted by Crippen LogP contribution is 1.89. The smallest absolute Gasteiger partial charge is 0.210 e. The Morgan fingerprint density at radius 1 is 1.44 bits per heavy atom. The molecule has 0 unspecified atom stereocenters. The number of hydrogen-bond donors (Lipinski definition) is 1. The highest BCUT2D eigenvalue weighted by Gasteiger charge is 1.71. The standard InChI is InChI=1S/C3H7Br.C3H8O.CH4/c2*1-3(2)4;/h3H,1-2H3;3-4H,1-2H3;1H4/i3D;3D,4D;. The van der Waals surface area contributed by atoms with Gasteiger partial charge in [-0.15, -0.1) is 0 Å². The van der Waals surface area contributed by atoms with E-state index in [0.29, 0.717) is 0 Å². The third-order valence-electron chi connectivity index (χ3n) is 0. The average molecular weight is 202 g/mol. The highest BCUT2D eigenvalue weighted by atomic mass is 79.9. The Bertz CT molecular complexity index is 89.8. The lowest BCUT2D eigenvalue weighted by atomic mass is 10.5. The molecule has 0 spiro atoms. The van der Waals surface area contributed by atoms with Gasteiger partial charge in [-0.05, 0) is 13.8 Å². The topological polar surface area (TPSA) is 20.2 Å². The van der Waals surface area contributed by atoms with E-state index in [-0.39, 0.29) is 7.43 Å². The van der Waals surface area contributed by atoms with Gasteiger partial charge in [0.25, 0.3) is 0 Å². The third-order valence-corrected chi connectivity index (χ3v) is 0. The van der Waals surface area contributed by atoms with E-state index in [9.17, 15) is 0 Å². The van der Waals surface area contributed by atoms with Gasteiger partial charge in [-0.2, -0.15) is 0 Å². The molecule has 0 radical (unpaired) electrons. The number of halogens is 1. The maximum Gasteiger partial charge on any atom is 0.210 e. The summed E-state index contributed by atoms with van der Waals surface area (Å²) >= 11 is 3.04. The van der Waals surface area contributed by atoms with Crippen molar-refractivity contribution in [3.8, 4) is 0 Å². The molecule has 0 aliphatic rings. The van der Waals surface area contributed by atoms with Crippen LogP contribution in [-0.2, 0) is 0 Å². The van der Waals surface area contributed by atoms with Crippen molar-refractivity contribution in [2.75, 3.05) is 0 Å². The Balaban J connectivity index is -0.000000126. The van der Waals surface area contributed by atoms with Crippen LogP contribution >= 0.6 is 15.9 Å². The largest absolute Gasteiger partial charge is 0.394 e. The maximum atomic E-state index is 6.85. The summed E-state index contributed by atoms with van der Waals surface area (Å²) in [5.74, 6) is 0. The average Bonchev–Trinajstić information content (AvgIpc) is 1.59. The van der Waals surface area contributed by atoms with Gasteiger partial charge >= 0.3 is 0 Å². The van der Waals surface area contributed by atoms with E-state index >= 15 is 0 Å². The molecule has 0 aliphatic carbocycles. The van der Waals surface area contributed by atoms with Crippen molar-refractivity contribution in [3.05, 3.63) is 0 Å². The van der Waals surface area contributed by atoms with Crippen LogP contribution in [0.2, 0.25) is 0 Å². The molecule has 0 aromatic rings. The number of aliphatic hydroxyl groups is 1. The predicted molar refractivity (Wildman–Crippen MR) is 48.1 cm³/mol. The number of rotatable bonds is 1. The van der Waals surface area contributed by atoms with Gasteiger partial charge in [0.1, 0.15) is 0 Å². The van der Waals surface area contributed by atoms with E-state index < -0.39 is 10.9 Å². The van der Waals surface area contributed by atoms with Crippen molar-refractivity contribution in [3.63, 3.8) is 0 Å². The van der Waals surface area contributed by atoms with Gasteiger partial charge in [0.05, 0.1) is 1.37 Å². The van der Waals surface area contributed by atoms with Gasteiger partial charge in [-0.25, -0.2) is 0 Å². The first kappa shape index (κ1) is 7.55. The first-order chi connectivity index (χ1) is 4.56. The Kier molecular flexibility index (Phi) is 9.44. The van der Waals surface area contributed by atoms with Crippen molar-refractivity contribution in [1.29, 1.82) is 1.43 Å². The molecule has 0 atom stereocenters. The molecule has 60 valence electrons. The van der Waals surface area contributed by atoms with E-state index in [4.69, 9.17) is 4.17 Å². The Morgan fingerprint density at radius 2 is 1.56 bits per heavy atom. The Morgan fingerprint density at radius 3 is 1.56 bits per heavy atom. The molecule has 0 saturated heterocycles. The summed E-state index contributed by atoms with van der Waals surface area (Å²) in [5, 5.41) is 3.85. The summed E-state index contributed by atoms with van der Waals surface area (Å²) < 4.78 is 19.8. The van der Waals surface area contributed by atoms with E-state index in [2.05, 4.69) is 21.0 Å². The maximum absolute atomic E-state index is 6.85. The molecule has 2 heteroatoms. The van der Waals surface area contributed by atoms with Crippen LogP contribution in [-0.4, -0.2) is 17.4 Å². The summed E-state index contributed by atoms with van der Waals surface area (Å²) in [5.41, 5.74) is 0. The van der Waals surface area contributed by atoms with Crippen LogP contribution in [0.1, 0.15) is 37.9 Å². The summed E-state index contributed by atoms with van der Waals surface area (Å²) in [6, 6.07) is 0. The van der Waals surface area contributed by atoms with E-state index in [1.54, 1.807) is 13.8 Å². The Labute approximate surface area is 71.9 Å². The fourth-order valence-electron chi connectivity index (χ4n) is 0. The highest BCUT2D eigenvalue weighted by molar-refractivity contribution is 9.09. The molecule has 0 aliphatic heterocycles. The van der Waals surface area contributed by atoms with Crippen LogP contribution in [0.25, 0.3) is 0 Å². The molecular weight excluding hydrogens is 180 g/mol. The Hall–Kier alpha value is 0.440. The van der Waals surface area contributed by atoms with E-state index in [1.807, 2.05) is 0 Å². The zero-order valence-electron chi connectivity index (χ0n) is 8.79. The first-order valence-electron chi connectivity index (χ1n) is 3.80. The zero-order chi connectivity index (χ0) is 9.71. The van der Waals surface area contributed by atoms with Crippen LogP contribution in [0.4, 0.5) is 0 Å². The second-order valence-corrected chi connectivity index (χ2v) is 3.37. The molecule has 0 saturated carbocycles. The fraction of sp³-hybridized carbons (Fsp3) is 1.00. The van der Waals surface area contributed by atoms with E-state index in [1.165, 1.54) is 13.8 Å². The number of alkyl halides is 1. The summed E-state index contributed by atoms with van der Waals surface area (Å²) in [6.07, 6.45) is -1.04. The lowest BCUT2D eigenvalue weighted by Crippen LogP contribution is -1.85.